The van der Waals surface area contributed by atoms with Gasteiger partial charge in [0.2, 0.25) is 5.91 Å². The fourth-order valence-corrected chi connectivity index (χ4v) is 1.96. The van der Waals surface area contributed by atoms with E-state index in [9.17, 15) is 9.18 Å². The third kappa shape index (κ3) is 3.56. The third-order valence-electron chi connectivity index (χ3n) is 2.89. The average Bonchev–Trinajstić information content (AvgIpc) is 2.48. The molecule has 104 valence electrons. The largest absolute Gasteiger partial charge is 0.350 e. The Bertz CT molecular complexity index is 604. The summed E-state index contributed by atoms with van der Waals surface area (Å²) in [5.74, 6) is -0.778. The number of rotatable bonds is 4. The van der Waals surface area contributed by atoms with E-state index in [2.05, 4.69) is 5.32 Å². The summed E-state index contributed by atoms with van der Waals surface area (Å²) in [4.78, 5) is 11.9. The zero-order valence-electron chi connectivity index (χ0n) is 10.6. The first-order valence-corrected chi connectivity index (χ1v) is 6.48. The highest BCUT2D eigenvalue weighted by atomic mass is 35.5. The summed E-state index contributed by atoms with van der Waals surface area (Å²) < 4.78 is 13.0. The van der Waals surface area contributed by atoms with Crippen LogP contribution in [0.2, 0.25) is 5.02 Å². The lowest BCUT2D eigenvalue weighted by Crippen LogP contribution is -2.33. The second-order valence-corrected chi connectivity index (χ2v) is 4.76. The highest BCUT2D eigenvalue weighted by Crippen LogP contribution is 2.16. The van der Waals surface area contributed by atoms with Crippen molar-refractivity contribution >= 4 is 17.5 Å². The molecule has 0 aromatic heterocycles. The van der Waals surface area contributed by atoms with Crippen LogP contribution < -0.4 is 11.1 Å². The van der Waals surface area contributed by atoms with Gasteiger partial charge in [-0.3, -0.25) is 4.79 Å². The van der Waals surface area contributed by atoms with Crippen LogP contribution >= 0.6 is 11.6 Å². The molecule has 0 saturated carbocycles. The Kier molecular flexibility index (Phi) is 4.71. The zero-order chi connectivity index (χ0) is 14.5. The molecule has 2 rings (SSSR count). The molecular formula is C15H14ClFN2O. The number of nitrogens with one attached hydrogen (secondary N) is 1. The first kappa shape index (κ1) is 14.5. The molecule has 2 aromatic carbocycles. The van der Waals surface area contributed by atoms with E-state index in [1.807, 2.05) is 18.2 Å². The maximum absolute atomic E-state index is 13.0. The van der Waals surface area contributed by atoms with E-state index < -0.39 is 11.9 Å². The number of hydrogen-bond donors (Lipinski definition) is 2. The third-order valence-corrected chi connectivity index (χ3v) is 3.18. The van der Waals surface area contributed by atoms with Gasteiger partial charge in [-0.25, -0.2) is 4.39 Å². The van der Waals surface area contributed by atoms with Crippen LogP contribution in [0.1, 0.15) is 17.2 Å². The van der Waals surface area contributed by atoms with Crippen LogP contribution in [0, 0.1) is 5.82 Å². The van der Waals surface area contributed by atoms with E-state index in [1.54, 1.807) is 18.2 Å². The van der Waals surface area contributed by atoms with Crippen LogP contribution in [0.25, 0.3) is 0 Å². The molecule has 20 heavy (non-hydrogen) atoms. The molecule has 0 aliphatic carbocycles. The number of carbonyl (C=O) groups excluding carboxylic acids is 1. The van der Waals surface area contributed by atoms with Crippen LogP contribution in [-0.2, 0) is 11.3 Å². The molecule has 0 heterocycles. The number of amides is 1. The van der Waals surface area contributed by atoms with Crippen molar-refractivity contribution in [1.82, 2.24) is 5.32 Å². The Morgan fingerprint density at radius 3 is 2.60 bits per heavy atom. The minimum absolute atomic E-state index is 0.0316. The first-order valence-electron chi connectivity index (χ1n) is 6.10. The highest BCUT2D eigenvalue weighted by molar-refractivity contribution is 6.30. The summed E-state index contributed by atoms with van der Waals surface area (Å²) >= 11 is 5.68. The number of halogens is 2. The van der Waals surface area contributed by atoms with Crippen molar-refractivity contribution < 1.29 is 9.18 Å². The smallest absolute Gasteiger partial charge is 0.241 e. The molecule has 0 spiro atoms. The molecule has 1 atom stereocenters. The maximum atomic E-state index is 13.0. The molecule has 2 aromatic rings. The van der Waals surface area contributed by atoms with Gasteiger partial charge in [-0.2, -0.15) is 0 Å². The van der Waals surface area contributed by atoms with Gasteiger partial charge in [0, 0.05) is 6.54 Å². The fourth-order valence-electron chi connectivity index (χ4n) is 1.76. The lowest BCUT2D eigenvalue weighted by atomic mass is 10.1. The van der Waals surface area contributed by atoms with Crippen LogP contribution in [0.4, 0.5) is 4.39 Å². The Hall–Kier alpha value is -1.91. The van der Waals surface area contributed by atoms with Gasteiger partial charge >= 0.3 is 0 Å². The van der Waals surface area contributed by atoms with Crippen molar-refractivity contribution in [3.8, 4) is 0 Å². The van der Waals surface area contributed by atoms with Crippen molar-refractivity contribution in [3.05, 3.63) is 70.5 Å². The average molecular weight is 293 g/mol. The van der Waals surface area contributed by atoms with Crippen molar-refractivity contribution in [1.29, 1.82) is 0 Å². The fraction of sp³-hybridized carbons (Fsp3) is 0.133. The van der Waals surface area contributed by atoms with Gasteiger partial charge in [0.1, 0.15) is 11.9 Å². The first-order chi connectivity index (χ1) is 9.58. The molecule has 0 aliphatic heterocycles. The molecule has 1 unspecified atom stereocenters. The minimum atomic E-state index is -0.730. The molecule has 0 radical (unpaired) electrons. The standard InChI is InChI=1S/C15H14ClFN2O/c16-12-8-10(6-7-13(12)17)9-19-15(20)14(18)11-4-2-1-3-5-11/h1-8,14H,9,18H2,(H,19,20). The lowest BCUT2D eigenvalue weighted by Gasteiger charge is -2.12. The Morgan fingerprint density at radius 1 is 1.25 bits per heavy atom. The molecule has 0 fully saturated rings. The Balaban J connectivity index is 1.96. The Labute approximate surface area is 121 Å². The number of benzene rings is 2. The van der Waals surface area contributed by atoms with Crippen molar-refractivity contribution in [2.75, 3.05) is 0 Å². The van der Waals surface area contributed by atoms with E-state index >= 15 is 0 Å². The second kappa shape index (κ2) is 6.50. The van der Waals surface area contributed by atoms with Gasteiger partial charge in [0.25, 0.3) is 0 Å². The van der Waals surface area contributed by atoms with E-state index in [4.69, 9.17) is 17.3 Å². The molecule has 1 amide bonds. The molecule has 0 aliphatic rings. The highest BCUT2D eigenvalue weighted by Gasteiger charge is 2.14. The molecule has 0 bridgehead atoms. The van der Waals surface area contributed by atoms with E-state index in [-0.39, 0.29) is 17.5 Å². The second-order valence-electron chi connectivity index (χ2n) is 4.35. The van der Waals surface area contributed by atoms with Crippen molar-refractivity contribution in [2.45, 2.75) is 12.6 Å². The monoisotopic (exact) mass is 292 g/mol. The number of carbonyl (C=O) groups is 1. The van der Waals surface area contributed by atoms with Crippen molar-refractivity contribution in [3.63, 3.8) is 0 Å². The van der Waals surface area contributed by atoms with Gasteiger partial charge in [-0.1, -0.05) is 48.0 Å². The topological polar surface area (TPSA) is 55.1 Å². The molecular weight excluding hydrogens is 279 g/mol. The normalized spacial score (nSPS) is 11.9. The summed E-state index contributed by atoms with van der Waals surface area (Å²) in [7, 11) is 0. The SMILES string of the molecule is NC(C(=O)NCc1ccc(F)c(Cl)c1)c1ccccc1. The predicted octanol–water partition coefficient (Wildman–Crippen LogP) is 2.80. The summed E-state index contributed by atoms with van der Waals surface area (Å²) in [6.07, 6.45) is 0. The van der Waals surface area contributed by atoms with Crippen LogP contribution in [0.5, 0.6) is 0 Å². The lowest BCUT2D eigenvalue weighted by molar-refractivity contribution is -0.122. The number of hydrogen-bond acceptors (Lipinski definition) is 2. The number of nitrogens with two attached hydrogens (primary N) is 1. The van der Waals surface area contributed by atoms with Gasteiger partial charge < -0.3 is 11.1 Å². The predicted molar refractivity (Wildman–Crippen MR) is 76.6 cm³/mol. The van der Waals surface area contributed by atoms with Gasteiger partial charge in [-0.15, -0.1) is 0 Å². The Morgan fingerprint density at radius 2 is 1.95 bits per heavy atom. The quantitative estimate of drug-likeness (QED) is 0.910. The van der Waals surface area contributed by atoms with E-state index in [0.29, 0.717) is 5.56 Å². The van der Waals surface area contributed by atoms with E-state index in [1.165, 1.54) is 12.1 Å². The summed E-state index contributed by atoms with van der Waals surface area (Å²) in [5.41, 5.74) is 7.31. The van der Waals surface area contributed by atoms with E-state index in [0.717, 1.165) is 5.56 Å². The minimum Gasteiger partial charge on any atom is -0.350 e. The maximum Gasteiger partial charge on any atom is 0.241 e. The van der Waals surface area contributed by atoms with Crippen LogP contribution in [0.3, 0.4) is 0 Å². The molecule has 5 heteroatoms. The van der Waals surface area contributed by atoms with Gasteiger partial charge in [0.15, 0.2) is 0 Å². The summed E-state index contributed by atoms with van der Waals surface area (Å²) in [6.45, 7) is 0.249. The zero-order valence-corrected chi connectivity index (χ0v) is 11.4. The van der Waals surface area contributed by atoms with Crippen molar-refractivity contribution in [2.24, 2.45) is 5.73 Å². The van der Waals surface area contributed by atoms with Gasteiger partial charge in [0.05, 0.1) is 5.02 Å². The summed E-state index contributed by atoms with van der Waals surface area (Å²) in [5, 5.41) is 2.73. The molecule has 3 nitrogen and oxygen atoms in total. The molecule has 3 N–H and O–H groups in total. The van der Waals surface area contributed by atoms with Crippen LogP contribution in [-0.4, -0.2) is 5.91 Å². The van der Waals surface area contributed by atoms with Crippen LogP contribution in [0.15, 0.2) is 48.5 Å². The molecule has 0 saturated heterocycles. The van der Waals surface area contributed by atoms with Gasteiger partial charge in [-0.05, 0) is 23.3 Å². The summed E-state index contributed by atoms with van der Waals surface area (Å²) in [6, 6.07) is 12.7.